The van der Waals surface area contributed by atoms with E-state index in [1.807, 2.05) is 35.2 Å². The van der Waals surface area contributed by atoms with E-state index in [1.165, 1.54) is 0 Å². The van der Waals surface area contributed by atoms with Crippen LogP contribution < -0.4 is 10.2 Å². The predicted octanol–water partition coefficient (Wildman–Crippen LogP) is 0.690. The molecule has 1 aromatic carbocycles. The zero-order chi connectivity index (χ0) is 15.6. The van der Waals surface area contributed by atoms with Crippen molar-refractivity contribution in [1.82, 2.24) is 0 Å². The van der Waals surface area contributed by atoms with Gasteiger partial charge in [0, 0.05) is 42.3 Å². The number of benzene rings is 1. The van der Waals surface area contributed by atoms with Gasteiger partial charge in [0.25, 0.3) is 0 Å². The molecule has 0 N–H and O–H groups in total. The molecule has 0 aliphatic heterocycles. The molecule has 120 valence electrons. The number of anilines is 1. The fraction of sp³-hybridized carbons (Fsp3) is 0.500. The standard InChI is InChI=1S/C12H19NO6S2/c14-18-19-20-10-4-8-13(9-5-11-21(15,16)17)12-6-2-1-3-7-12/h1-3,6-7,14H,4-5,8-11H2,(H,15,16,17)/p-2. The molecule has 0 saturated heterocycles. The first kappa shape index (κ1) is 18.2. The van der Waals surface area contributed by atoms with Gasteiger partial charge in [-0.25, -0.2) is 8.42 Å². The van der Waals surface area contributed by atoms with Crippen molar-refractivity contribution in [2.24, 2.45) is 0 Å². The van der Waals surface area contributed by atoms with E-state index in [4.69, 9.17) is 0 Å². The SMILES string of the molecule is O=S(=O)([O-])CCCN(CCCSOO[O-])c1ccccc1. The van der Waals surface area contributed by atoms with Crippen LogP contribution in [0, 0.1) is 0 Å². The first-order valence-electron chi connectivity index (χ1n) is 6.34. The molecule has 0 unspecified atom stereocenters. The lowest BCUT2D eigenvalue weighted by Crippen LogP contribution is -2.27. The van der Waals surface area contributed by atoms with Crippen molar-refractivity contribution in [3.05, 3.63) is 30.3 Å². The second-order valence-corrected chi connectivity index (χ2v) is 6.55. The van der Waals surface area contributed by atoms with Crippen LogP contribution in [0.4, 0.5) is 5.69 Å². The molecule has 0 amide bonds. The predicted molar refractivity (Wildman–Crippen MR) is 77.1 cm³/mol. The van der Waals surface area contributed by atoms with Crippen molar-refractivity contribution in [1.29, 1.82) is 0 Å². The second-order valence-electron chi connectivity index (χ2n) is 4.25. The minimum absolute atomic E-state index is 0.272. The third-order valence-electron chi connectivity index (χ3n) is 2.68. The zero-order valence-corrected chi connectivity index (χ0v) is 13.0. The molecule has 9 heteroatoms. The molecule has 0 aliphatic rings. The molecule has 0 fully saturated rings. The van der Waals surface area contributed by atoms with Crippen LogP contribution in [-0.4, -0.2) is 37.6 Å². The third-order valence-corrected chi connectivity index (χ3v) is 4.07. The van der Waals surface area contributed by atoms with E-state index in [1.54, 1.807) is 0 Å². The van der Waals surface area contributed by atoms with Crippen molar-refractivity contribution in [3.8, 4) is 0 Å². The zero-order valence-electron chi connectivity index (χ0n) is 11.3. The van der Waals surface area contributed by atoms with E-state index in [0.29, 0.717) is 25.3 Å². The lowest BCUT2D eigenvalue weighted by atomic mass is 10.2. The van der Waals surface area contributed by atoms with E-state index in [0.717, 1.165) is 17.7 Å². The maximum Gasteiger partial charge on any atom is 0.0946 e. The van der Waals surface area contributed by atoms with Crippen LogP contribution >= 0.6 is 12.0 Å². The van der Waals surface area contributed by atoms with E-state index in [2.05, 4.69) is 9.37 Å². The van der Waals surface area contributed by atoms with Gasteiger partial charge in [0.2, 0.25) is 0 Å². The fourth-order valence-corrected chi connectivity index (χ4v) is 2.65. The topological polar surface area (TPSA) is 102 Å². The molecule has 0 radical (unpaired) electrons. The molecule has 0 saturated carbocycles. The first-order chi connectivity index (χ1) is 10.0. The van der Waals surface area contributed by atoms with Crippen molar-refractivity contribution in [2.45, 2.75) is 12.8 Å². The van der Waals surface area contributed by atoms with Crippen molar-refractivity contribution in [2.75, 3.05) is 29.5 Å². The summed E-state index contributed by atoms with van der Waals surface area (Å²) in [5, 5.41) is 12.9. The Labute approximate surface area is 128 Å². The highest BCUT2D eigenvalue weighted by atomic mass is 32.2. The van der Waals surface area contributed by atoms with E-state index < -0.39 is 10.1 Å². The second kappa shape index (κ2) is 9.98. The maximum atomic E-state index is 10.6. The van der Waals surface area contributed by atoms with Gasteiger partial charge < -0.3 is 14.7 Å². The molecule has 0 heterocycles. The highest BCUT2D eigenvalue weighted by molar-refractivity contribution is 7.94. The molecule has 0 aromatic heterocycles. The Morgan fingerprint density at radius 1 is 1.14 bits per heavy atom. The van der Waals surface area contributed by atoms with Crippen LogP contribution in [0.5, 0.6) is 0 Å². The van der Waals surface area contributed by atoms with Gasteiger partial charge in [-0.1, -0.05) is 18.2 Å². The smallest absolute Gasteiger partial charge is 0.0946 e. The van der Waals surface area contributed by atoms with Crippen molar-refractivity contribution in [3.63, 3.8) is 0 Å². The van der Waals surface area contributed by atoms with Crippen LogP contribution in [0.25, 0.3) is 0 Å². The number of hydrogen-bond acceptors (Lipinski definition) is 8. The summed E-state index contributed by atoms with van der Waals surface area (Å²) in [7, 11) is -4.19. The Morgan fingerprint density at radius 3 is 2.43 bits per heavy atom. The Balaban J connectivity index is 2.46. The monoisotopic (exact) mass is 335 g/mol. The van der Waals surface area contributed by atoms with Crippen molar-refractivity contribution >= 4 is 27.8 Å². The van der Waals surface area contributed by atoms with Gasteiger partial charge in [-0.05, 0) is 25.0 Å². The number of para-hydroxylation sites is 1. The van der Waals surface area contributed by atoms with Crippen molar-refractivity contribution < 1.29 is 27.6 Å². The van der Waals surface area contributed by atoms with Gasteiger partial charge in [0.05, 0.1) is 10.1 Å². The lowest BCUT2D eigenvalue weighted by molar-refractivity contribution is -0.777. The summed E-state index contributed by atoms with van der Waals surface area (Å²) < 4.78 is 36.1. The quantitative estimate of drug-likeness (QED) is 0.191. The van der Waals surface area contributed by atoms with Crippen LogP contribution in [0.2, 0.25) is 0 Å². The Hall–Kier alpha value is -0.840. The molecular weight excluding hydrogens is 318 g/mol. The number of hydrogen-bond donors (Lipinski definition) is 0. The summed E-state index contributed by atoms with van der Waals surface area (Å²) in [5.41, 5.74) is 0.951. The summed E-state index contributed by atoms with van der Waals surface area (Å²) in [6.07, 6.45) is 0.987. The van der Waals surface area contributed by atoms with Gasteiger partial charge in [-0.15, -0.1) is 0 Å². The maximum absolute atomic E-state index is 10.6. The molecule has 21 heavy (non-hydrogen) atoms. The first-order valence-corrected chi connectivity index (χ1v) is 8.83. The molecule has 0 bridgehead atoms. The molecule has 1 aromatic rings. The normalized spacial score (nSPS) is 11.5. The van der Waals surface area contributed by atoms with Crippen LogP contribution in [0.15, 0.2) is 30.3 Å². The van der Waals surface area contributed by atoms with Crippen LogP contribution in [0.3, 0.4) is 0 Å². The Bertz CT molecular complexity index is 482. The number of rotatable bonds is 11. The summed E-state index contributed by atoms with van der Waals surface area (Å²) in [6, 6.07) is 9.48. The fourth-order valence-electron chi connectivity index (χ4n) is 1.81. The molecular formula is C12H17NO6S2-2. The third kappa shape index (κ3) is 8.91. The van der Waals surface area contributed by atoms with Crippen LogP contribution in [-0.2, 0) is 19.5 Å². The lowest BCUT2D eigenvalue weighted by Gasteiger charge is -2.25. The minimum atomic E-state index is -4.19. The highest BCUT2D eigenvalue weighted by Gasteiger charge is 2.07. The van der Waals surface area contributed by atoms with Gasteiger partial charge in [-0.2, -0.15) is 4.33 Å². The molecule has 0 aliphatic carbocycles. The molecule has 1 rings (SSSR count). The average Bonchev–Trinajstić information content (AvgIpc) is 2.45. The number of nitrogens with zero attached hydrogens (tertiary/aromatic N) is 1. The van der Waals surface area contributed by atoms with E-state index in [9.17, 15) is 18.2 Å². The van der Waals surface area contributed by atoms with Gasteiger partial charge >= 0.3 is 0 Å². The molecule has 7 nitrogen and oxygen atoms in total. The Kier molecular flexibility index (Phi) is 8.66. The molecule has 0 atom stereocenters. The summed E-state index contributed by atoms with van der Waals surface area (Å²) in [6.45, 7) is 1.12. The Morgan fingerprint density at radius 2 is 1.81 bits per heavy atom. The summed E-state index contributed by atoms with van der Waals surface area (Å²) >= 11 is 0.911. The van der Waals surface area contributed by atoms with Gasteiger partial charge in [0.15, 0.2) is 0 Å². The van der Waals surface area contributed by atoms with E-state index in [-0.39, 0.29) is 12.2 Å². The molecule has 0 spiro atoms. The van der Waals surface area contributed by atoms with E-state index >= 15 is 0 Å². The van der Waals surface area contributed by atoms with Gasteiger partial charge in [0.1, 0.15) is 0 Å². The highest BCUT2D eigenvalue weighted by Crippen LogP contribution is 2.15. The largest absolute Gasteiger partial charge is 0.748 e. The average molecular weight is 335 g/mol. The minimum Gasteiger partial charge on any atom is -0.748 e. The summed E-state index contributed by atoms with van der Waals surface area (Å²) in [4.78, 5) is 1.99. The van der Waals surface area contributed by atoms with Gasteiger partial charge in [-0.3, -0.25) is 5.04 Å². The summed E-state index contributed by atoms with van der Waals surface area (Å²) in [5.74, 6) is 0.184. The van der Waals surface area contributed by atoms with Crippen LogP contribution in [0.1, 0.15) is 12.8 Å².